The molecule has 0 saturated carbocycles. The number of amides is 1. The highest BCUT2D eigenvalue weighted by molar-refractivity contribution is 7.91. The molecule has 0 atom stereocenters. The topological polar surface area (TPSA) is 77.2 Å². The van der Waals surface area contributed by atoms with Gasteiger partial charge in [-0.05, 0) is 24.1 Å². The van der Waals surface area contributed by atoms with Crippen LogP contribution < -0.4 is 5.73 Å². The van der Waals surface area contributed by atoms with Crippen molar-refractivity contribution in [2.45, 2.75) is 11.3 Å². The van der Waals surface area contributed by atoms with E-state index in [9.17, 15) is 13.2 Å². The van der Waals surface area contributed by atoms with Gasteiger partial charge in [-0.15, -0.1) is 0 Å². The fraction of sp³-hybridized carbons (Fsp3) is 0.222. The molecular formula is C9H9NO3S. The van der Waals surface area contributed by atoms with Crippen molar-refractivity contribution in [2.24, 2.45) is 5.73 Å². The summed E-state index contributed by atoms with van der Waals surface area (Å²) in [6.45, 7) is 0. The summed E-state index contributed by atoms with van der Waals surface area (Å²) in [7, 11) is -3.17. The molecule has 0 saturated heterocycles. The summed E-state index contributed by atoms with van der Waals surface area (Å²) in [6, 6.07) is 4.62. The standard InChI is InChI=1S/C9H9NO3S/c10-9(11)7-2-1-3-8-6(7)4-5-14(8,12)13/h1-3H,4-5H2,(H2,10,11). The molecule has 0 spiro atoms. The van der Waals surface area contributed by atoms with Crippen molar-refractivity contribution < 1.29 is 13.2 Å². The minimum absolute atomic E-state index is 0.0760. The minimum atomic E-state index is -3.17. The number of hydrogen-bond acceptors (Lipinski definition) is 3. The molecule has 2 rings (SSSR count). The molecule has 5 heteroatoms. The summed E-state index contributed by atoms with van der Waals surface area (Å²) in [5.41, 5.74) is 6.03. The maximum Gasteiger partial charge on any atom is 0.249 e. The number of sulfone groups is 1. The van der Waals surface area contributed by atoms with Crippen molar-refractivity contribution in [1.29, 1.82) is 0 Å². The lowest BCUT2D eigenvalue weighted by Crippen LogP contribution is -2.13. The third kappa shape index (κ3) is 1.21. The third-order valence-electron chi connectivity index (χ3n) is 2.35. The van der Waals surface area contributed by atoms with Crippen LogP contribution in [-0.4, -0.2) is 20.1 Å². The van der Waals surface area contributed by atoms with E-state index < -0.39 is 15.7 Å². The Bertz CT molecular complexity index is 505. The number of hydrogen-bond donors (Lipinski definition) is 1. The molecule has 1 heterocycles. The fourth-order valence-corrected chi connectivity index (χ4v) is 3.26. The second kappa shape index (κ2) is 2.81. The first-order chi connectivity index (χ1) is 6.52. The number of carbonyl (C=O) groups is 1. The highest BCUT2D eigenvalue weighted by atomic mass is 32.2. The average molecular weight is 211 g/mol. The van der Waals surface area contributed by atoms with Crippen molar-refractivity contribution in [3.8, 4) is 0 Å². The first kappa shape index (κ1) is 9.21. The second-order valence-electron chi connectivity index (χ2n) is 3.22. The van der Waals surface area contributed by atoms with Gasteiger partial charge in [0, 0.05) is 5.56 Å². The molecule has 1 aromatic carbocycles. The van der Waals surface area contributed by atoms with E-state index in [1.807, 2.05) is 0 Å². The Morgan fingerprint density at radius 2 is 2.07 bits per heavy atom. The number of primary amides is 1. The molecule has 74 valence electrons. The lowest BCUT2D eigenvalue weighted by molar-refractivity contribution is 0.0999. The van der Waals surface area contributed by atoms with Crippen LogP contribution in [0.15, 0.2) is 23.1 Å². The summed E-state index contributed by atoms with van der Waals surface area (Å²) >= 11 is 0. The molecule has 2 N–H and O–H groups in total. The summed E-state index contributed by atoms with van der Waals surface area (Å²) in [4.78, 5) is 11.3. The molecule has 1 aliphatic rings. The summed E-state index contributed by atoms with van der Waals surface area (Å²) in [5.74, 6) is -0.494. The highest BCUT2D eigenvalue weighted by Gasteiger charge is 2.28. The van der Waals surface area contributed by atoms with Gasteiger partial charge in [-0.2, -0.15) is 0 Å². The van der Waals surface area contributed by atoms with Crippen molar-refractivity contribution in [2.75, 3.05) is 5.75 Å². The number of rotatable bonds is 1. The van der Waals surface area contributed by atoms with Crippen LogP contribution in [0.5, 0.6) is 0 Å². The largest absolute Gasteiger partial charge is 0.366 e. The molecule has 0 radical (unpaired) electrons. The van der Waals surface area contributed by atoms with Crippen LogP contribution in [-0.2, 0) is 16.3 Å². The van der Waals surface area contributed by atoms with Crippen LogP contribution in [0.25, 0.3) is 0 Å². The molecule has 4 nitrogen and oxygen atoms in total. The van der Waals surface area contributed by atoms with E-state index in [2.05, 4.69) is 0 Å². The zero-order valence-corrected chi connectivity index (χ0v) is 8.17. The molecule has 0 aliphatic carbocycles. The van der Waals surface area contributed by atoms with Crippen molar-refractivity contribution >= 4 is 15.7 Å². The van der Waals surface area contributed by atoms with E-state index in [4.69, 9.17) is 5.73 Å². The van der Waals surface area contributed by atoms with Crippen molar-refractivity contribution in [3.05, 3.63) is 29.3 Å². The van der Waals surface area contributed by atoms with Gasteiger partial charge in [0.2, 0.25) is 5.91 Å². The van der Waals surface area contributed by atoms with Crippen LogP contribution in [0.4, 0.5) is 0 Å². The lowest BCUT2D eigenvalue weighted by atomic mass is 10.1. The number of fused-ring (bicyclic) bond motifs is 1. The van der Waals surface area contributed by atoms with Crippen molar-refractivity contribution in [3.63, 3.8) is 0 Å². The SMILES string of the molecule is NC(=O)c1cccc2c1CCS2(=O)=O. The van der Waals surface area contributed by atoms with Gasteiger partial charge in [0.25, 0.3) is 0 Å². The predicted octanol–water partition coefficient (Wildman–Crippen LogP) is 0.115. The van der Waals surface area contributed by atoms with E-state index in [1.54, 1.807) is 12.1 Å². The van der Waals surface area contributed by atoms with E-state index in [1.165, 1.54) is 6.07 Å². The van der Waals surface area contributed by atoms with Crippen LogP contribution in [0.1, 0.15) is 15.9 Å². The Morgan fingerprint density at radius 3 is 2.71 bits per heavy atom. The first-order valence-corrected chi connectivity index (χ1v) is 5.82. The van der Waals surface area contributed by atoms with Gasteiger partial charge < -0.3 is 5.73 Å². The fourth-order valence-electron chi connectivity index (χ4n) is 1.69. The maximum atomic E-state index is 11.5. The Balaban J connectivity index is 2.74. The Kier molecular flexibility index (Phi) is 1.85. The summed E-state index contributed by atoms with van der Waals surface area (Å²) in [5, 5.41) is 0. The quantitative estimate of drug-likeness (QED) is 0.716. The van der Waals surface area contributed by atoms with Crippen molar-refractivity contribution in [1.82, 2.24) is 0 Å². The molecule has 0 bridgehead atoms. The van der Waals surface area contributed by atoms with E-state index >= 15 is 0 Å². The van der Waals surface area contributed by atoms with Gasteiger partial charge in [0.15, 0.2) is 9.84 Å². The number of carbonyl (C=O) groups excluding carboxylic acids is 1. The first-order valence-electron chi connectivity index (χ1n) is 4.17. The maximum absolute atomic E-state index is 11.5. The minimum Gasteiger partial charge on any atom is -0.366 e. The molecule has 1 aliphatic heterocycles. The van der Waals surface area contributed by atoms with E-state index in [0.717, 1.165) is 0 Å². The van der Waals surface area contributed by atoms with Gasteiger partial charge in [0.05, 0.1) is 10.6 Å². The molecular weight excluding hydrogens is 202 g/mol. The van der Waals surface area contributed by atoms with Crippen LogP contribution in [0, 0.1) is 0 Å². The molecule has 0 unspecified atom stereocenters. The predicted molar refractivity (Wildman–Crippen MR) is 50.7 cm³/mol. The Hall–Kier alpha value is -1.36. The summed E-state index contributed by atoms with van der Waals surface area (Å²) in [6.07, 6.45) is 0.386. The van der Waals surface area contributed by atoms with Crippen LogP contribution >= 0.6 is 0 Å². The van der Waals surface area contributed by atoms with Gasteiger partial charge in [-0.1, -0.05) is 6.07 Å². The summed E-state index contributed by atoms with van der Waals surface area (Å²) < 4.78 is 23.0. The highest BCUT2D eigenvalue weighted by Crippen LogP contribution is 2.28. The van der Waals surface area contributed by atoms with E-state index in [0.29, 0.717) is 17.5 Å². The zero-order chi connectivity index (χ0) is 10.3. The average Bonchev–Trinajstić information content (AvgIpc) is 2.42. The lowest BCUT2D eigenvalue weighted by Gasteiger charge is -2.02. The normalized spacial score (nSPS) is 17.7. The molecule has 1 amide bonds. The Morgan fingerprint density at radius 1 is 1.36 bits per heavy atom. The van der Waals surface area contributed by atoms with E-state index in [-0.39, 0.29) is 10.6 Å². The molecule has 14 heavy (non-hydrogen) atoms. The zero-order valence-electron chi connectivity index (χ0n) is 7.36. The molecule has 0 aromatic heterocycles. The molecule has 1 aromatic rings. The number of nitrogens with two attached hydrogens (primary N) is 1. The number of benzene rings is 1. The second-order valence-corrected chi connectivity index (χ2v) is 5.29. The monoisotopic (exact) mass is 211 g/mol. The van der Waals surface area contributed by atoms with Crippen LogP contribution in [0.2, 0.25) is 0 Å². The molecule has 0 fully saturated rings. The van der Waals surface area contributed by atoms with Gasteiger partial charge in [0.1, 0.15) is 0 Å². The third-order valence-corrected chi connectivity index (χ3v) is 4.15. The Labute approximate surface area is 81.6 Å². The smallest absolute Gasteiger partial charge is 0.249 e. The van der Waals surface area contributed by atoms with Gasteiger partial charge in [-0.25, -0.2) is 8.42 Å². The van der Waals surface area contributed by atoms with Crippen LogP contribution in [0.3, 0.4) is 0 Å². The van der Waals surface area contributed by atoms with Gasteiger partial charge >= 0.3 is 0 Å². The van der Waals surface area contributed by atoms with Gasteiger partial charge in [-0.3, -0.25) is 4.79 Å².